The fourth-order valence-electron chi connectivity index (χ4n) is 4.04. The molecule has 0 amide bonds. The molecule has 1 heterocycles. The van der Waals surface area contributed by atoms with Crippen molar-refractivity contribution < 1.29 is 28.9 Å². The summed E-state index contributed by atoms with van der Waals surface area (Å²) in [6.45, 7) is 8.83. The predicted octanol–water partition coefficient (Wildman–Crippen LogP) is 5.32. The van der Waals surface area contributed by atoms with Crippen molar-refractivity contribution in [2.75, 3.05) is 6.61 Å². The van der Waals surface area contributed by atoms with E-state index in [4.69, 9.17) is 14.2 Å². The number of aromatic hydroxyl groups is 1. The van der Waals surface area contributed by atoms with Gasteiger partial charge in [-0.3, -0.25) is 0 Å². The highest BCUT2D eigenvalue weighted by molar-refractivity contribution is 6.03. The van der Waals surface area contributed by atoms with Crippen LogP contribution in [0.25, 0.3) is 0 Å². The van der Waals surface area contributed by atoms with E-state index in [9.17, 15) is 14.7 Å². The number of aryl methyl sites for hydroxylation is 1. The maximum atomic E-state index is 13.2. The van der Waals surface area contributed by atoms with Crippen LogP contribution in [0.2, 0.25) is 0 Å². The third-order valence-corrected chi connectivity index (χ3v) is 5.38. The lowest BCUT2D eigenvalue weighted by molar-refractivity contribution is -0.128. The molecule has 1 atom stereocenters. The van der Waals surface area contributed by atoms with Gasteiger partial charge in [0.25, 0.3) is 0 Å². The molecule has 6 nitrogen and oxygen atoms in total. The Hall–Kier alpha value is -3.28. The molecule has 0 saturated heterocycles. The van der Waals surface area contributed by atoms with Gasteiger partial charge in [-0.1, -0.05) is 49.4 Å². The van der Waals surface area contributed by atoms with E-state index in [1.165, 1.54) is 0 Å². The molecule has 3 rings (SSSR count). The zero-order chi connectivity index (χ0) is 23.5. The second-order valence-corrected chi connectivity index (χ2v) is 8.23. The number of hydrogen-bond acceptors (Lipinski definition) is 6. The Balaban J connectivity index is 2.28. The number of esters is 2. The van der Waals surface area contributed by atoms with Gasteiger partial charge < -0.3 is 19.3 Å². The summed E-state index contributed by atoms with van der Waals surface area (Å²) in [5, 5.41) is 11.3. The van der Waals surface area contributed by atoms with Crippen molar-refractivity contribution >= 4 is 11.9 Å². The second-order valence-electron chi connectivity index (χ2n) is 8.23. The number of fused-ring (bicyclic) bond motifs is 1. The van der Waals surface area contributed by atoms with E-state index in [0.717, 1.165) is 5.56 Å². The summed E-state index contributed by atoms with van der Waals surface area (Å²) in [6.07, 6.45) is 4.59. The summed E-state index contributed by atoms with van der Waals surface area (Å²) in [5.74, 6) is -2.75. The highest BCUT2D eigenvalue weighted by Gasteiger charge is 2.41. The predicted molar refractivity (Wildman–Crippen MR) is 121 cm³/mol. The molecule has 1 unspecified atom stereocenters. The highest BCUT2D eigenvalue weighted by Crippen LogP contribution is 2.47. The quantitative estimate of drug-likeness (QED) is 0.465. The molecular formula is C26H30O6. The minimum Gasteiger partial charge on any atom is -0.507 e. The number of carbonyl (C=O) groups excluding carboxylic acids is 2. The van der Waals surface area contributed by atoms with Gasteiger partial charge in [0.2, 0.25) is 5.79 Å². The first kappa shape index (κ1) is 23.4. The summed E-state index contributed by atoms with van der Waals surface area (Å²) < 4.78 is 16.8. The van der Waals surface area contributed by atoms with Crippen LogP contribution in [0, 0.1) is 0 Å². The molecule has 0 aliphatic carbocycles. The van der Waals surface area contributed by atoms with Gasteiger partial charge in [-0.15, -0.1) is 0 Å². The van der Waals surface area contributed by atoms with Crippen molar-refractivity contribution in [2.45, 2.75) is 59.2 Å². The number of phenols is 1. The van der Waals surface area contributed by atoms with E-state index in [1.807, 2.05) is 56.3 Å². The third kappa shape index (κ3) is 4.64. The molecule has 0 bridgehead atoms. The van der Waals surface area contributed by atoms with E-state index in [1.54, 1.807) is 20.8 Å². The summed E-state index contributed by atoms with van der Waals surface area (Å²) >= 11 is 0. The monoisotopic (exact) mass is 438 g/mol. The van der Waals surface area contributed by atoms with Crippen molar-refractivity contribution in [1.82, 2.24) is 0 Å². The first-order valence-electron chi connectivity index (χ1n) is 10.9. The number of ether oxygens (including phenoxy) is 3. The minimum atomic E-state index is -1.21. The van der Waals surface area contributed by atoms with Crippen LogP contribution in [0.3, 0.4) is 0 Å². The molecule has 0 radical (unpaired) electrons. The van der Waals surface area contributed by atoms with Crippen LogP contribution in [0.5, 0.6) is 11.5 Å². The maximum absolute atomic E-state index is 13.2. The molecule has 0 spiro atoms. The van der Waals surface area contributed by atoms with Crippen molar-refractivity contribution in [3.63, 3.8) is 0 Å². The van der Waals surface area contributed by atoms with E-state index >= 15 is 0 Å². The Kier molecular flexibility index (Phi) is 6.92. The Morgan fingerprint density at radius 3 is 2.50 bits per heavy atom. The van der Waals surface area contributed by atoms with E-state index < -0.39 is 17.7 Å². The smallest absolute Gasteiger partial charge is 0.345 e. The van der Waals surface area contributed by atoms with Crippen LogP contribution >= 0.6 is 0 Å². The molecule has 1 aliphatic heterocycles. The lowest BCUT2D eigenvalue weighted by Gasteiger charge is -2.35. The molecule has 1 N–H and O–H groups in total. The summed E-state index contributed by atoms with van der Waals surface area (Å²) in [7, 11) is 0. The summed E-state index contributed by atoms with van der Waals surface area (Å²) in [4.78, 5) is 26.1. The molecule has 2 aromatic carbocycles. The first-order chi connectivity index (χ1) is 15.2. The van der Waals surface area contributed by atoms with E-state index in [0.29, 0.717) is 24.0 Å². The van der Waals surface area contributed by atoms with Crippen LogP contribution < -0.4 is 4.74 Å². The Bertz CT molecular complexity index is 1040. The van der Waals surface area contributed by atoms with Crippen LogP contribution in [-0.4, -0.2) is 29.4 Å². The van der Waals surface area contributed by atoms with Gasteiger partial charge in [0.05, 0.1) is 6.61 Å². The van der Waals surface area contributed by atoms with Crippen LogP contribution in [0.15, 0.2) is 42.5 Å². The van der Waals surface area contributed by atoms with E-state index in [2.05, 4.69) is 0 Å². The minimum absolute atomic E-state index is 0.00635. The van der Waals surface area contributed by atoms with Gasteiger partial charge >= 0.3 is 11.9 Å². The Labute approximate surface area is 188 Å². The molecule has 2 aromatic rings. The van der Waals surface area contributed by atoms with Crippen LogP contribution in [0.1, 0.15) is 77.9 Å². The van der Waals surface area contributed by atoms with Gasteiger partial charge in [-0.2, -0.15) is 0 Å². The molecule has 0 saturated carbocycles. The molecule has 0 fully saturated rings. The fraction of sp³-hybridized carbons (Fsp3) is 0.385. The lowest BCUT2D eigenvalue weighted by atomic mass is 9.86. The SMILES string of the molecule is C/C=C/C(C)c1c(O)c(C(=O)OCC)c(CCc2ccccc2)c2c1OC(C)(C)OC2=O. The second kappa shape index (κ2) is 9.47. The average Bonchev–Trinajstić information content (AvgIpc) is 2.71. The van der Waals surface area contributed by atoms with Gasteiger partial charge in [0.15, 0.2) is 0 Å². The largest absolute Gasteiger partial charge is 0.507 e. The number of carbonyl (C=O) groups is 2. The Morgan fingerprint density at radius 2 is 1.88 bits per heavy atom. The molecule has 170 valence electrons. The van der Waals surface area contributed by atoms with Gasteiger partial charge in [0.1, 0.15) is 22.6 Å². The molecule has 32 heavy (non-hydrogen) atoms. The number of benzene rings is 2. The number of allylic oxidation sites excluding steroid dienone is 2. The number of cyclic esters (lactones) is 1. The number of phenolic OH excluding ortho intramolecular Hbond substituents is 1. The maximum Gasteiger partial charge on any atom is 0.345 e. The Morgan fingerprint density at radius 1 is 1.19 bits per heavy atom. The van der Waals surface area contributed by atoms with Gasteiger partial charge in [0, 0.05) is 25.3 Å². The lowest BCUT2D eigenvalue weighted by Crippen LogP contribution is -2.40. The summed E-state index contributed by atoms with van der Waals surface area (Å²) in [5.41, 5.74) is 1.94. The normalized spacial score (nSPS) is 15.6. The first-order valence-corrected chi connectivity index (χ1v) is 10.9. The highest BCUT2D eigenvalue weighted by atomic mass is 16.7. The zero-order valence-corrected chi connectivity index (χ0v) is 19.2. The topological polar surface area (TPSA) is 82.1 Å². The van der Waals surface area contributed by atoms with Crippen molar-refractivity contribution in [3.8, 4) is 11.5 Å². The number of hydrogen-bond donors (Lipinski definition) is 1. The van der Waals surface area contributed by atoms with Gasteiger partial charge in [-0.05, 0) is 37.8 Å². The van der Waals surface area contributed by atoms with Crippen molar-refractivity contribution in [1.29, 1.82) is 0 Å². The standard InChI is InChI=1S/C26H30O6/c1-6-11-16(3)19-22(27)20(24(28)30-7-2)18(15-14-17-12-9-8-10-13-17)21-23(19)31-26(4,5)32-25(21)29/h6,8-13,16,27H,7,14-15H2,1-5H3/b11-6+. The third-order valence-electron chi connectivity index (χ3n) is 5.38. The van der Waals surface area contributed by atoms with Crippen LogP contribution in [0.4, 0.5) is 0 Å². The zero-order valence-electron chi connectivity index (χ0n) is 19.2. The van der Waals surface area contributed by atoms with Crippen molar-refractivity contribution in [3.05, 3.63) is 70.3 Å². The van der Waals surface area contributed by atoms with Crippen LogP contribution in [-0.2, 0) is 22.3 Å². The molecule has 0 aromatic heterocycles. The molecular weight excluding hydrogens is 408 g/mol. The number of rotatable bonds is 7. The van der Waals surface area contributed by atoms with Crippen molar-refractivity contribution in [2.24, 2.45) is 0 Å². The molecule has 6 heteroatoms. The molecule has 1 aliphatic rings. The summed E-state index contributed by atoms with van der Waals surface area (Å²) in [6, 6.07) is 9.71. The van der Waals surface area contributed by atoms with Gasteiger partial charge in [-0.25, -0.2) is 9.59 Å². The average molecular weight is 439 g/mol. The fourth-order valence-corrected chi connectivity index (χ4v) is 4.04. The van der Waals surface area contributed by atoms with E-state index in [-0.39, 0.29) is 35.2 Å².